The number of amides is 2. The number of pyridine rings is 3. The third-order valence-corrected chi connectivity index (χ3v) is 5.58. The van der Waals surface area contributed by atoms with E-state index < -0.39 is 11.8 Å². The summed E-state index contributed by atoms with van der Waals surface area (Å²) in [4.78, 5) is 27.2. The van der Waals surface area contributed by atoms with Crippen molar-refractivity contribution in [3.63, 3.8) is 0 Å². The van der Waals surface area contributed by atoms with Crippen LogP contribution in [0.25, 0.3) is 0 Å². The molecule has 11 heteroatoms. The normalized spacial score (nSPS) is 17.6. The van der Waals surface area contributed by atoms with E-state index in [-0.39, 0.29) is 12.1 Å². The zero-order valence-corrected chi connectivity index (χ0v) is 19.5. The number of likely N-dealkylation sites (N-methyl/N-ethyl adjacent to an activating group) is 1. The van der Waals surface area contributed by atoms with E-state index in [0.29, 0.717) is 35.9 Å². The maximum atomic E-state index is 13.5. The van der Waals surface area contributed by atoms with E-state index in [2.05, 4.69) is 35.8 Å². The van der Waals surface area contributed by atoms with Crippen LogP contribution in [0.1, 0.15) is 18.2 Å². The zero-order chi connectivity index (χ0) is 24.8. The van der Waals surface area contributed by atoms with Crippen molar-refractivity contribution in [1.29, 1.82) is 5.41 Å². The van der Waals surface area contributed by atoms with Gasteiger partial charge in [-0.3, -0.25) is 20.2 Å². The molecule has 2 atom stereocenters. The number of halogens is 1. The molecule has 0 saturated carbocycles. The van der Waals surface area contributed by atoms with Crippen LogP contribution in [0.2, 0.25) is 0 Å². The van der Waals surface area contributed by atoms with E-state index >= 15 is 0 Å². The molecule has 3 aromatic rings. The van der Waals surface area contributed by atoms with Crippen molar-refractivity contribution in [2.24, 2.45) is 0 Å². The Hall–Kier alpha value is -4.12. The lowest BCUT2D eigenvalue weighted by Crippen LogP contribution is -2.47. The average molecular weight is 479 g/mol. The molecule has 182 valence electrons. The van der Waals surface area contributed by atoms with Gasteiger partial charge in [-0.1, -0.05) is 6.92 Å². The summed E-state index contributed by atoms with van der Waals surface area (Å²) in [5, 5.41) is 16.6. The van der Waals surface area contributed by atoms with Crippen LogP contribution < -0.4 is 20.7 Å². The second-order valence-electron chi connectivity index (χ2n) is 8.16. The Morgan fingerprint density at radius 1 is 1.26 bits per heavy atom. The quantitative estimate of drug-likeness (QED) is 0.366. The molecule has 1 aliphatic rings. The van der Waals surface area contributed by atoms with Crippen LogP contribution in [0.4, 0.5) is 26.4 Å². The van der Waals surface area contributed by atoms with Crippen LogP contribution >= 0.6 is 0 Å². The number of ether oxygens (including phenoxy) is 1. The van der Waals surface area contributed by atoms with Crippen molar-refractivity contribution >= 4 is 29.4 Å². The van der Waals surface area contributed by atoms with Crippen LogP contribution in [0.5, 0.6) is 5.75 Å². The second-order valence-corrected chi connectivity index (χ2v) is 8.16. The van der Waals surface area contributed by atoms with Gasteiger partial charge < -0.3 is 20.8 Å². The first-order valence-corrected chi connectivity index (χ1v) is 11.2. The molecule has 35 heavy (non-hydrogen) atoms. The predicted octanol–water partition coefficient (Wildman–Crippen LogP) is 3.33. The van der Waals surface area contributed by atoms with Gasteiger partial charge in [-0.05, 0) is 31.7 Å². The molecule has 0 unspecified atom stereocenters. The highest BCUT2D eigenvalue weighted by Gasteiger charge is 2.35. The lowest BCUT2D eigenvalue weighted by molar-refractivity contribution is 0.178. The Kier molecular flexibility index (Phi) is 7.46. The maximum Gasteiger partial charge on any atom is 0.320 e. The van der Waals surface area contributed by atoms with E-state index in [9.17, 15) is 9.18 Å². The summed E-state index contributed by atoms with van der Waals surface area (Å²) in [5.41, 5.74) is 2.87. The molecule has 10 nitrogen and oxygen atoms in total. The van der Waals surface area contributed by atoms with Crippen molar-refractivity contribution in [2.75, 3.05) is 30.3 Å². The summed E-state index contributed by atoms with van der Waals surface area (Å²) < 4.78 is 19.4. The van der Waals surface area contributed by atoms with Crippen molar-refractivity contribution in [3.8, 4) is 5.75 Å². The standard InChI is InChI=1S/C24H27FN8O2/c1-3-33-13-21(22(14-33)35-19-8-17(25)10-27-11-19)31-24(34)32-23-7-16(9-26)20(12-29-23)30-18-4-5-28-15(2)6-18/h4-12,21-22,26H,3,13-14H2,1-2H3,(H,28,30)(H2,29,31,32,34)/t21-,22-/m0/s1. The molecular weight excluding hydrogens is 451 g/mol. The summed E-state index contributed by atoms with van der Waals surface area (Å²) in [6.07, 6.45) is 6.62. The maximum absolute atomic E-state index is 13.5. The first-order valence-electron chi connectivity index (χ1n) is 11.2. The highest BCUT2D eigenvalue weighted by molar-refractivity contribution is 5.92. The van der Waals surface area contributed by atoms with Crippen molar-refractivity contribution in [1.82, 2.24) is 25.2 Å². The number of carbonyl (C=O) groups is 1. The smallest absolute Gasteiger partial charge is 0.320 e. The van der Waals surface area contributed by atoms with E-state index in [1.54, 1.807) is 18.5 Å². The number of likely N-dealkylation sites (tertiary alicyclic amines) is 1. The Labute approximate surface area is 202 Å². The van der Waals surface area contributed by atoms with Crippen LogP contribution in [-0.4, -0.2) is 63.9 Å². The van der Waals surface area contributed by atoms with Gasteiger partial charge in [-0.15, -0.1) is 0 Å². The molecule has 2 amide bonds. The fraction of sp³-hybridized carbons (Fsp3) is 0.292. The fourth-order valence-corrected chi connectivity index (χ4v) is 3.86. The number of nitrogens with one attached hydrogen (secondary N) is 4. The first kappa shape index (κ1) is 24.0. The van der Waals surface area contributed by atoms with Gasteiger partial charge >= 0.3 is 6.03 Å². The molecule has 0 spiro atoms. The van der Waals surface area contributed by atoms with Crippen LogP contribution in [0.15, 0.2) is 49.1 Å². The van der Waals surface area contributed by atoms with Gasteiger partial charge in [0.05, 0.1) is 30.3 Å². The summed E-state index contributed by atoms with van der Waals surface area (Å²) in [5.74, 6) is 0.125. The number of aromatic nitrogens is 3. The van der Waals surface area contributed by atoms with Gasteiger partial charge in [0.2, 0.25) is 0 Å². The van der Waals surface area contributed by atoms with Crippen LogP contribution in [0.3, 0.4) is 0 Å². The highest BCUT2D eigenvalue weighted by Crippen LogP contribution is 2.22. The average Bonchev–Trinajstić information content (AvgIpc) is 3.21. The predicted molar refractivity (Wildman–Crippen MR) is 131 cm³/mol. The largest absolute Gasteiger partial charge is 0.485 e. The monoisotopic (exact) mass is 478 g/mol. The van der Waals surface area contributed by atoms with Crippen molar-refractivity contribution in [3.05, 3.63) is 66.1 Å². The van der Waals surface area contributed by atoms with Crippen LogP contribution in [0, 0.1) is 18.2 Å². The molecule has 4 heterocycles. The van der Waals surface area contributed by atoms with E-state index in [4.69, 9.17) is 10.1 Å². The lowest BCUT2D eigenvalue weighted by atomic mass is 10.2. The van der Waals surface area contributed by atoms with Crippen LogP contribution in [-0.2, 0) is 0 Å². The molecule has 0 aromatic carbocycles. The Morgan fingerprint density at radius 3 is 2.86 bits per heavy atom. The lowest BCUT2D eigenvalue weighted by Gasteiger charge is -2.21. The summed E-state index contributed by atoms with van der Waals surface area (Å²) in [6, 6.07) is 5.81. The Balaban J connectivity index is 1.41. The number of hydrogen-bond donors (Lipinski definition) is 4. The van der Waals surface area contributed by atoms with E-state index in [0.717, 1.165) is 24.1 Å². The van der Waals surface area contributed by atoms with Gasteiger partial charge in [-0.2, -0.15) is 0 Å². The van der Waals surface area contributed by atoms with Gasteiger partial charge in [0.1, 0.15) is 23.5 Å². The summed E-state index contributed by atoms with van der Waals surface area (Å²) in [7, 11) is 0. The minimum atomic E-state index is -0.486. The summed E-state index contributed by atoms with van der Waals surface area (Å²) in [6.45, 7) is 5.88. The number of hydrogen-bond acceptors (Lipinski definition) is 8. The fourth-order valence-electron chi connectivity index (χ4n) is 3.86. The van der Waals surface area contributed by atoms with Gasteiger partial charge in [0, 0.05) is 48.5 Å². The minimum Gasteiger partial charge on any atom is -0.485 e. The van der Waals surface area contributed by atoms with Gasteiger partial charge in [0.25, 0.3) is 0 Å². The van der Waals surface area contributed by atoms with Crippen molar-refractivity contribution < 1.29 is 13.9 Å². The second kappa shape index (κ2) is 10.9. The zero-order valence-electron chi connectivity index (χ0n) is 19.5. The molecule has 1 aliphatic heterocycles. The number of aryl methyl sites for hydroxylation is 1. The molecule has 0 aliphatic carbocycles. The number of nitrogens with zero attached hydrogens (tertiary/aromatic N) is 4. The van der Waals surface area contributed by atoms with E-state index in [1.807, 2.05) is 26.0 Å². The third kappa shape index (κ3) is 6.27. The Morgan fingerprint density at radius 2 is 2.11 bits per heavy atom. The topological polar surface area (TPSA) is 128 Å². The molecule has 0 radical (unpaired) electrons. The number of urea groups is 1. The Bertz CT molecular complexity index is 1210. The van der Waals surface area contributed by atoms with Crippen molar-refractivity contribution in [2.45, 2.75) is 26.0 Å². The molecule has 0 bridgehead atoms. The molecule has 4 N–H and O–H groups in total. The highest BCUT2D eigenvalue weighted by atomic mass is 19.1. The SMILES string of the molecule is CCN1C[C@H](NC(=O)Nc2cc(C=N)c(Nc3ccnc(C)c3)cn2)[C@@H](Oc2cncc(F)c2)C1. The van der Waals surface area contributed by atoms with Gasteiger partial charge in [0.15, 0.2) is 0 Å². The third-order valence-electron chi connectivity index (χ3n) is 5.58. The molecular formula is C24H27FN8O2. The minimum absolute atomic E-state index is 0.301. The van der Waals surface area contributed by atoms with Gasteiger partial charge in [-0.25, -0.2) is 14.2 Å². The number of anilines is 3. The number of carbonyl (C=O) groups excluding carboxylic acids is 1. The van der Waals surface area contributed by atoms with E-state index in [1.165, 1.54) is 18.5 Å². The molecule has 1 fully saturated rings. The molecule has 4 rings (SSSR count). The molecule has 1 saturated heterocycles. The molecule has 3 aromatic heterocycles. The first-order chi connectivity index (χ1) is 16.9. The summed E-state index contributed by atoms with van der Waals surface area (Å²) >= 11 is 0. The number of rotatable bonds is 8.